The van der Waals surface area contributed by atoms with Gasteiger partial charge in [0.15, 0.2) is 0 Å². The fourth-order valence-corrected chi connectivity index (χ4v) is 2.45. The minimum Gasteiger partial charge on any atom is -0.465 e. The summed E-state index contributed by atoms with van der Waals surface area (Å²) in [7, 11) is 2.80. The van der Waals surface area contributed by atoms with Crippen LogP contribution in [0.25, 0.3) is 0 Å². The summed E-state index contributed by atoms with van der Waals surface area (Å²) in [5, 5.41) is 8.25. The van der Waals surface area contributed by atoms with Crippen LogP contribution in [0.4, 0.5) is 5.00 Å². The molecule has 0 unspecified atom stereocenters. The molecule has 1 aromatic heterocycles. The zero-order chi connectivity index (χ0) is 14.7. The molecule has 1 aliphatic rings. The van der Waals surface area contributed by atoms with Crippen LogP contribution in [0.15, 0.2) is 17.2 Å². The monoisotopic (exact) mass is 295 g/mol. The average molecular weight is 295 g/mol. The Morgan fingerprint density at radius 1 is 1.40 bits per heavy atom. The first-order valence-corrected chi connectivity index (χ1v) is 6.66. The summed E-state index contributed by atoms with van der Waals surface area (Å²) in [6.07, 6.45) is 0.574. The van der Waals surface area contributed by atoms with E-state index >= 15 is 0 Å². The quantitative estimate of drug-likeness (QED) is 0.845. The summed E-state index contributed by atoms with van der Waals surface area (Å²) in [6.45, 7) is 0. The second kappa shape index (κ2) is 5.83. The van der Waals surface area contributed by atoms with Gasteiger partial charge in [0.25, 0.3) is 5.91 Å². The third-order valence-corrected chi connectivity index (χ3v) is 3.68. The van der Waals surface area contributed by atoms with Crippen molar-refractivity contribution in [2.24, 2.45) is 5.10 Å². The first kappa shape index (κ1) is 14.2. The van der Waals surface area contributed by atoms with Crippen LogP contribution < -0.4 is 5.32 Å². The van der Waals surface area contributed by atoms with Crippen molar-refractivity contribution in [2.75, 3.05) is 19.5 Å². The van der Waals surface area contributed by atoms with Gasteiger partial charge in [-0.2, -0.15) is 5.10 Å². The second-order valence-corrected chi connectivity index (χ2v) is 5.16. The van der Waals surface area contributed by atoms with E-state index in [1.54, 1.807) is 12.1 Å². The number of hydrazone groups is 1. The minimum absolute atomic E-state index is 0.120. The Morgan fingerprint density at radius 3 is 2.80 bits per heavy atom. The van der Waals surface area contributed by atoms with Crippen molar-refractivity contribution in [2.45, 2.75) is 12.8 Å². The van der Waals surface area contributed by atoms with Crippen LogP contribution in [-0.2, 0) is 14.3 Å². The van der Waals surface area contributed by atoms with E-state index in [9.17, 15) is 14.4 Å². The van der Waals surface area contributed by atoms with E-state index in [-0.39, 0.29) is 18.2 Å². The number of carbonyl (C=O) groups excluding carboxylic acids is 3. The molecule has 0 spiro atoms. The predicted octanol–water partition coefficient (Wildman–Crippen LogP) is 1.08. The largest absolute Gasteiger partial charge is 0.465 e. The summed E-state index contributed by atoms with van der Waals surface area (Å²) in [4.78, 5) is 35.0. The Balaban J connectivity index is 2.05. The molecule has 0 radical (unpaired) electrons. The van der Waals surface area contributed by atoms with Crippen molar-refractivity contribution < 1.29 is 19.1 Å². The zero-order valence-electron chi connectivity index (χ0n) is 11.0. The maximum atomic E-state index is 12.0. The smallest absolute Gasteiger partial charge is 0.348 e. The van der Waals surface area contributed by atoms with Crippen molar-refractivity contribution in [3.05, 3.63) is 17.0 Å². The summed E-state index contributed by atoms with van der Waals surface area (Å²) < 4.78 is 4.59. The molecule has 106 valence electrons. The number of anilines is 1. The average Bonchev–Trinajstić information content (AvgIpc) is 2.89. The summed E-state index contributed by atoms with van der Waals surface area (Å²) >= 11 is 1.12. The number of esters is 1. The number of thiophene rings is 1. The van der Waals surface area contributed by atoms with Gasteiger partial charge in [-0.3, -0.25) is 9.59 Å². The molecule has 1 aromatic rings. The third kappa shape index (κ3) is 3.02. The van der Waals surface area contributed by atoms with Crippen LogP contribution >= 0.6 is 11.3 Å². The summed E-state index contributed by atoms with van der Waals surface area (Å²) in [6, 6.07) is 3.19. The Hall–Kier alpha value is -2.22. The van der Waals surface area contributed by atoms with Crippen molar-refractivity contribution >= 4 is 39.8 Å². The molecule has 1 aliphatic heterocycles. The Bertz CT molecular complexity index is 593. The van der Waals surface area contributed by atoms with Crippen molar-refractivity contribution in [3.8, 4) is 0 Å². The van der Waals surface area contributed by atoms with Crippen LogP contribution in [0, 0.1) is 0 Å². The molecule has 0 atom stereocenters. The van der Waals surface area contributed by atoms with E-state index in [0.29, 0.717) is 22.0 Å². The van der Waals surface area contributed by atoms with Crippen LogP contribution in [-0.4, -0.2) is 42.7 Å². The maximum Gasteiger partial charge on any atom is 0.348 e. The lowest BCUT2D eigenvalue weighted by Crippen LogP contribution is -2.33. The van der Waals surface area contributed by atoms with Gasteiger partial charge in [0.2, 0.25) is 5.91 Å². The molecule has 0 bridgehead atoms. The molecule has 0 aliphatic carbocycles. The number of ether oxygens (including phenoxy) is 1. The first-order valence-electron chi connectivity index (χ1n) is 5.85. The molecular weight excluding hydrogens is 282 g/mol. The van der Waals surface area contributed by atoms with Gasteiger partial charge >= 0.3 is 5.97 Å². The lowest BCUT2D eigenvalue weighted by atomic mass is 10.1. The molecule has 1 N–H and O–H groups in total. The van der Waals surface area contributed by atoms with E-state index in [1.807, 2.05) is 0 Å². The van der Waals surface area contributed by atoms with E-state index in [4.69, 9.17) is 0 Å². The highest BCUT2D eigenvalue weighted by Crippen LogP contribution is 2.22. The topological polar surface area (TPSA) is 88.1 Å². The molecule has 2 rings (SSSR count). The molecule has 7 nitrogen and oxygen atoms in total. The Kier molecular flexibility index (Phi) is 4.14. The molecule has 0 fully saturated rings. The number of hydrogen-bond donors (Lipinski definition) is 1. The molecule has 8 heteroatoms. The van der Waals surface area contributed by atoms with E-state index in [1.165, 1.54) is 14.2 Å². The zero-order valence-corrected chi connectivity index (χ0v) is 11.8. The number of amides is 2. The van der Waals surface area contributed by atoms with Gasteiger partial charge in [-0.1, -0.05) is 0 Å². The van der Waals surface area contributed by atoms with E-state index < -0.39 is 5.97 Å². The number of rotatable bonds is 3. The van der Waals surface area contributed by atoms with Crippen LogP contribution in [0.2, 0.25) is 0 Å². The molecule has 0 aromatic carbocycles. The molecule has 2 amide bonds. The van der Waals surface area contributed by atoms with Gasteiger partial charge in [0.1, 0.15) is 10.6 Å². The molecule has 0 saturated carbocycles. The normalized spacial score (nSPS) is 14.8. The highest BCUT2D eigenvalue weighted by Gasteiger charge is 2.22. The van der Waals surface area contributed by atoms with Gasteiger partial charge in [0, 0.05) is 19.9 Å². The Labute approximate surface area is 119 Å². The lowest BCUT2D eigenvalue weighted by Gasteiger charge is -2.18. The molecule has 20 heavy (non-hydrogen) atoms. The van der Waals surface area contributed by atoms with Gasteiger partial charge in [-0.25, -0.2) is 9.80 Å². The predicted molar refractivity (Wildman–Crippen MR) is 73.7 cm³/mol. The first-order chi connectivity index (χ1) is 9.51. The number of hydrogen-bond acceptors (Lipinski definition) is 6. The standard InChI is InChI=1S/C12H13N3O4S/c1-15-10(16)6-3-7(14-15)11(17)13-9-5-4-8(20-9)12(18)19-2/h4-5H,3,6H2,1-2H3,(H,13,17). The van der Waals surface area contributed by atoms with Gasteiger partial charge in [-0.15, -0.1) is 11.3 Å². The maximum absolute atomic E-state index is 12.0. The second-order valence-electron chi connectivity index (χ2n) is 4.07. The fourth-order valence-electron chi connectivity index (χ4n) is 1.63. The van der Waals surface area contributed by atoms with Crippen molar-refractivity contribution in [3.63, 3.8) is 0 Å². The summed E-state index contributed by atoms with van der Waals surface area (Å²) in [5.41, 5.74) is 0.292. The lowest BCUT2D eigenvalue weighted by molar-refractivity contribution is -0.130. The number of methoxy groups -OCH3 is 1. The third-order valence-electron chi connectivity index (χ3n) is 2.70. The minimum atomic E-state index is -0.448. The van der Waals surface area contributed by atoms with Gasteiger partial charge in [0.05, 0.1) is 12.1 Å². The van der Waals surface area contributed by atoms with Crippen molar-refractivity contribution in [1.82, 2.24) is 5.01 Å². The SMILES string of the molecule is COC(=O)c1ccc(NC(=O)C2=NN(C)C(=O)CC2)s1. The van der Waals surface area contributed by atoms with E-state index in [2.05, 4.69) is 15.2 Å². The molecule has 0 saturated heterocycles. The number of nitrogens with one attached hydrogen (secondary N) is 1. The fraction of sp³-hybridized carbons (Fsp3) is 0.333. The van der Waals surface area contributed by atoms with Crippen LogP contribution in [0.1, 0.15) is 22.5 Å². The van der Waals surface area contributed by atoms with E-state index in [0.717, 1.165) is 16.3 Å². The van der Waals surface area contributed by atoms with Gasteiger partial charge < -0.3 is 10.1 Å². The molecule has 2 heterocycles. The van der Waals surface area contributed by atoms with Crippen molar-refractivity contribution in [1.29, 1.82) is 0 Å². The number of nitrogens with zero attached hydrogens (tertiary/aromatic N) is 2. The van der Waals surface area contributed by atoms with Crippen LogP contribution in [0.5, 0.6) is 0 Å². The summed E-state index contributed by atoms with van der Waals surface area (Å²) in [5.74, 6) is -0.941. The highest BCUT2D eigenvalue weighted by atomic mass is 32.1. The highest BCUT2D eigenvalue weighted by molar-refractivity contribution is 7.18. The van der Waals surface area contributed by atoms with Crippen LogP contribution in [0.3, 0.4) is 0 Å². The molecular formula is C12H13N3O4S. The Morgan fingerprint density at radius 2 is 2.15 bits per heavy atom. The number of carbonyl (C=O) groups is 3. The van der Waals surface area contributed by atoms with Gasteiger partial charge in [-0.05, 0) is 12.1 Å².